The Morgan fingerprint density at radius 2 is 1.94 bits per heavy atom. The Labute approximate surface area is 96.5 Å². The largest absolute Gasteiger partial charge is 0.439 e. The van der Waals surface area contributed by atoms with E-state index in [1.165, 1.54) is 0 Å². The van der Waals surface area contributed by atoms with Crippen LogP contribution in [0, 0.1) is 6.92 Å². The van der Waals surface area contributed by atoms with Gasteiger partial charge in [0.25, 0.3) is 0 Å². The molecule has 82 valence electrons. The second kappa shape index (κ2) is 2.85. The van der Waals surface area contributed by atoms with Crippen molar-refractivity contribution >= 4 is 27.6 Å². The first-order valence-corrected chi connectivity index (χ1v) is 5.45. The van der Waals surface area contributed by atoms with Crippen molar-refractivity contribution in [2.24, 2.45) is 0 Å². The van der Waals surface area contributed by atoms with Gasteiger partial charge in [0.1, 0.15) is 5.65 Å². The van der Waals surface area contributed by atoms with E-state index in [2.05, 4.69) is 16.0 Å². The van der Waals surface area contributed by atoms with Crippen LogP contribution < -0.4 is 0 Å². The van der Waals surface area contributed by atoms with E-state index in [0.29, 0.717) is 5.89 Å². The van der Waals surface area contributed by atoms with Crippen molar-refractivity contribution in [3.05, 3.63) is 42.5 Å². The maximum absolute atomic E-state index is 5.70. The zero-order chi connectivity index (χ0) is 11.4. The Morgan fingerprint density at radius 3 is 2.82 bits per heavy atom. The van der Waals surface area contributed by atoms with Crippen LogP contribution in [-0.4, -0.2) is 14.4 Å². The second-order valence-electron chi connectivity index (χ2n) is 4.05. The third-order valence-electron chi connectivity index (χ3n) is 3.00. The van der Waals surface area contributed by atoms with Crippen molar-refractivity contribution in [3.63, 3.8) is 0 Å². The summed E-state index contributed by atoms with van der Waals surface area (Å²) in [6, 6.07) is 8.09. The molecule has 0 fully saturated rings. The minimum absolute atomic E-state index is 0.673. The highest BCUT2D eigenvalue weighted by molar-refractivity contribution is 6.08. The smallest absolute Gasteiger partial charge is 0.193 e. The van der Waals surface area contributed by atoms with Crippen LogP contribution in [0.1, 0.15) is 5.89 Å². The van der Waals surface area contributed by atoms with Crippen LogP contribution in [0.2, 0.25) is 0 Å². The number of aryl methyl sites for hydroxylation is 1. The zero-order valence-electron chi connectivity index (χ0n) is 9.21. The standard InChI is InChI=1S/C13H9N3O/c1-8-15-13-11(17-8)9-4-2-3-5-10(9)12-14-6-7-16(12)13/h2-7H,1H3. The van der Waals surface area contributed by atoms with Crippen LogP contribution in [-0.2, 0) is 0 Å². The van der Waals surface area contributed by atoms with Crippen LogP contribution in [0.4, 0.5) is 0 Å². The molecule has 4 heteroatoms. The summed E-state index contributed by atoms with van der Waals surface area (Å²) in [5.74, 6) is 0.673. The first kappa shape index (κ1) is 8.75. The van der Waals surface area contributed by atoms with E-state index in [-0.39, 0.29) is 0 Å². The SMILES string of the molecule is Cc1nc2c(o1)c1ccccc1c1nccn12. The maximum Gasteiger partial charge on any atom is 0.193 e. The Kier molecular flexibility index (Phi) is 1.47. The molecular weight excluding hydrogens is 214 g/mol. The van der Waals surface area contributed by atoms with E-state index >= 15 is 0 Å². The highest BCUT2D eigenvalue weighted by atomic mass is 16.3. The lowest BCUT2D eigenvalue weighted by Gasteiger charge is -2.01. The molecule has 3 heterocycles. The van der Waals surface area contributed by atoms with Gasteiger partial charge < -0.3 is 4.42 Å². The van der Waals surface area contributed by atoms with Gasteiger partial charge in [-0.3, -0.25) is 4.40 Å². The summed E-state index contributed by atoms with van der Waals surface area (Å²) in [4.78, 5) is 8.81. The van der Waals surface area contributed by atoms with E-state index in [0.717, 1.165) is 27.6 Å². The molecule has 0 saturated heterocycles. The molecule has 0 saturated carbocycles. The summed E-state index contributed by atoms with van der Waals surface area (Å²) in [6.07, 6.45) is 3.69. The predicted octanol–water partition coefficient (Wildman–Crippen LogP) is 2.94. The molecule has 4 aromatic rings. The fraction of sp³-hybridized carbons (Fsp3) is 0.0769. The molecule has 4 nitrogen and oxygen atoms in total. The van der Waals surface area contributed by atoms with Crippen LogP contribution >= 0.6 is 0 Å². The van der Waals surface area contributed by atoms with Gasteiger partial charge in [0.2, 0.25) is 0 Å². The molecule has 1 aromatic carbocycles. The molecule has 0 amide bonds. The van der Waals surface area contributed by atoms with Crippen LogP contribution in [0.3, 0.4) is 0 Å². The lowest BCUT2D eigenvalue weighted by molar-refractivity contribution is 0.563. The Bertz CT molecular complexity index is 857. The number of nitrogens with zero attached hydrogens (tertiary/aromatic N) is 3. The monoisotopic (exact) mass is 223 g/mol. The highest BCUT2D eigenvalue weighted by Crippen LogP contribution is 2.28. The molecule has 0 aliphatic rings. The van der Waals surface area contributed by atoms with Gasteiger partial charge in [0, 0.05) is 30.1 Å². The van der Waals surface area contributed by atoms with Gasteiger partial charge in [0.05, 0.1) is 0 Å². The Morgan fingerprint density at radius 1 is 1.12 bits per heavy atom. The number of fused-ring (bicyclic) bond motifs is 6. The fourth-order valence-corrected chi connectivity index (χ4v) is 2.30. The molecule has 4 rings (SSSR count). The third kappa shape index (κ3) is 1.02. The summed E-state index contributed by atoms with van der Waals surface area (Å²) >= 11 is 0. The molecule has 0 atom stereocenters. The van der Waals surface area contributed by atoms with Crippen LogP contribution in [0.15, 0.2) is 41.1 Å². The molecule has 0 spiro atoms. The second-order valence-corrected chi connectivity index (χ2v) is 4.05. The highest BCUT2D eigenvalue weighted by Gasteiger charge is 2.13. The minimum atomic E-state index is 0.673. The van der Waals surface area contributed by atoms with Gasteiger partial charge in [0.15, 0.2) is 17.1 Å². The number of hydrogen-bond donors (Lipinski definition) is 0. The van der Waals surface area contributed by atoms with Gasteiger partial charge >= 0.3 is 0 Å². The first-order valence-electron chi connectivity index (χ1n) is 5.45. The first-order chi connectivity index (χ1) is 8.34. The van der Waals surface area contributed by atoms with Gasteiger partial charge in [-0.1, -0.05) is 24.3 Å². The number of rotatable bonds is 0. The summed E-state index contributed by atoms with van der Waals surface area (Å²) < 4.78 is 7.67. The Balaban J connectivity index is 2.47. The zero-order valence-corrected chi connectivity index (χ0v) is 9.21. The predicted molar refractivity (Wildman–Crippen MR) is 65.0 cm³/mol. The van der Waals surface area contributed by atoms with Gasteiger partial charge in [-0.05, 0) is 0 Å². The molecule has 0 unspecified atom stereocenters. The number of benzene rings is 1. The van der Waals surface area contributed by atoms with E-state index in [4.69, 9.17) is 4.42 Å². The molecule has 0 bridgehead atoms. The maximum atomic E-state index is 5.70. The summed E-state index contributed by atoms with van der Waals surface area (Å²) in [6.45, 7) is 1.86. The van der Waals surface area contributed by atoms with Gasteiger partial charge in [-0.15, -0.1) is 0 Å². The molecule has 0 radical (unpaired) electrons. The summed E-state index contributed by atoms with van der Waals surface area (Å²) in [7, 11) is 0. The minimum Gasteiger partial charge on any atom is -0.439 e. The molecule has 17 heavy (non-hydrogen) atoms. The van der Waals surface area contributed by atoms with Crippen LogP contribution in [0.25, 0.3) is 27.6 Å². The Hall–Kier alpha value is -2.36. The lowest BCUT2D eigenvalue weighted by Crippen LogP contribution is -1.88. The molecular formula is C13H9N3O. The van der Waals surface area contributed by atoms with Crippen molar-refractivity contribution in [1.82, 2.24) is 14.4 Å². The van der Waals surface area contributed by atoms with Crippen molar-refractivity contribution in [2.75, 3.05) is 0 Å². The van der Waals surface area contributed by atoms with Crippen molar-refractivity contribution in [2.45, 2.75) is 6.92 Å². The molecule has 0 aliphatic carbocycles. The summed E-state index contributed by atoms with van der Waals surface area (Å²) in [5, 5.41) is 2.14. The van der Waals surface area contributed by atoms with Crippen molar-refractivity contribution in [3.8, 4) is 0 Å². The number of pyridine rings is 1. The van der Waals surface area contributed by atoms with E-state index in [1.807, 2.05) is 35.7 Å². The van der Waals surface area contributed by atoms with Gasteiger partial charge in [-0.2, -0.15) is 4.98 Å². The third-order valence-corrected chi connectivity index (χ3v) is 3.00. The van der Waals surface area contributed by atoms with E-state index < -0.39 is 0 Å². The topological polar surface area (TPSA) is 43.3 Å². The van der Waals surface area contributed by atoms with Gasteiger partial charge in [-0.25, -0.2) is 4.98 Å². The normalized spacial score (nSPS) is 11.8. The molecule has 0 N–H and O–H groups in total. The molecule has 3 aromatic heterocycles. The quantitative estimate of drug-likeness (QED) is 0.460. The fourth-order valence-electron chi connectivity index (χ4n) is 2.30. The lowest BCUT2D eigenvalue weighted by atomic mass is 10.1. The van der Waals surface area contributed by atoms with Crippen molar-refractivity contribution < 1.29 is 4.42 Å². The van der Waals surface area contributed by atoms with Crippen molar-refractivity contribution in [1.29, 1.82) is 0 Å². The number of aromatic nitrogens is 3. The average molecular weight is 223 g/mol. The number of imidazole rings is 1. The average Bonchev–Trinajstić information content (AvgIpc) is 2.94. The summed E-state index contributed by atoms with van der Waals surface area (Å²) in [5.41, 5.74) is 2.57. The van der Waals surface area contributed by atoms with E-state index in [9.17, 15) is 0 Å². The van der Waals surface area contributed by atoms with Crippen LogP contribution in [0.5, 0.6) is 0 Å². The molecule has 0 aliphatic heterocycles. The van der Waals surface area contributed by atoms with E-state index in [1.54, 1.807) is 6.20 Å². The number of oxazole rings is 1. The number of hydrogen-bond acceptors (Lipinski definition) is 3.